The van der Waals surface area contributed by atoms with E-state index in [1.54, 1.807) is 18.2 Å². The Kier molecular flexibility index (Phi) is 3.99. The molecule has 0 saturated carbocycles. The highest BCUT2D eigenvalue weighted by Crippen LogP contribution is 2.23. The summed E-state index contributed by atoms with van der Waals surface area (Å²) in [7, 11) is 0. The van der Waals surface area contributed by atoms with Crippen LogP contribution in [0.5, 0.6) is 0 Å². The zero-order valence-electron chi connectivity index (χ0n) is 10.4. The molecule has 1 aromatic carbocycles. The maximum Gasteiger partial charge on any atom is 0.254 e. The minimum atomic E-state index is -0.288. The number of hydrogen-bond donors (Lipinski definition) is 0. The topological polar surface area (TPSA) is 29.5 Å². The van der Waals surface area contributed by atoms with E-state index >= 15 is 0 Å². The number of nitrogens with zero attached hydrogens (tertiary/aromatic N) is 1. The van der Waals surface area contributed by atoms with Gasteiger partial charge in [-0.15, -0.1) is 0 Å². The van der Waals surface area contributed by atoms with Crippen LogP contribution in [-0.2, 0) is 4.74 Å². The highest BCUT2D eigenvalue weighted by molar-refractivity contribution is 9.10. The number of rotatable bonds is 1. The highest BCUT2D eigenvalue weighted by Gasteiger charge is 2.30. The van der Waals surface area contributed by atoms with E-state index in [4.69, 9.17) is 16.3 Å². The molecule has 1 aromatic rings. The van der Waals surface area contributed by atoms with Crippen molar-refractivity contribution < 1.29 is 9.53 Å². The molecule has 0 atom stereocenters. The average Bonchev–Trinajstić information content (AvgIpc) is 2.25. The molecule has 1 amide bonds. The Balaban J connectivity index is 2.20. The molecule has 1 saturated heterocycles. The van der Waals surface area contributed by atoms with Gasteiger partial charge >= 0.3 is 0 Å². The van der Waals surface area contributed by atoms with Crippen molar-refractivity contribution in [2.75, 3.05) is 19.7 Å². The molecule has 1 heterocycles. The highest BCUT2D eigenvalue weighted by atomic mass is 79.9. The van der Waals surface area contributed by atoms with Gasteiger partial charge in [0.1, 0.15) is 0 Å². The van der Waals surface area contributed by atoms with Gasteiger partial charge in [-0.1, -0.05) is 27.5 Å². The van der Waals surface area contributed by atoms with Gasteiger partial charge in [0.05, 0.1) is 12.2 Å². The zero-order valence-corrected chi connectivity index (χ0v) is 12.7. The summed E-state index contributed by atoms with van der Waals surface area (Å²) in [5.41, 5.74) is 0.316. The fourth-order valence-corrected chi connectivity index (χ4v) is 2.91. The van der Waals surface area contributed by atoms with E-state index in [0.29, 0.717) is 30.3 Å². The SMILES string of the molecule is CC1(C)CN(C(=O)c2cc(Cl)cc(Br)c2)CCO1. The van der Waals surface area contributed by atoms with Crippen LogP contribution >= 0.6 is 27.5 Å². The summed E-state index contributed by atoms with van der Waals surface area (Å²) in [6.07, 6.45) is 0. The summed E-state index contributed by atoms with van der Waals surface area (Å²) in [6.45, 7) is 5.75. The van der Waals surface area contributed by atoms with Crippen molar-refractivity contribution in [1.29, 1.82) is 0 Å². The number of ether oxygens (including phenoxy) is 1. The Morgan fingerprint density at radius 3 is 2.78 bits per heavy atom. The van der Waals surface area contributed by atoms with E-state index in [9.17, 15) is 4.79 Å². The third-order valence-electron chi connectivity index (χ3n) is 2.82. The van der Waals surface area contributed by atoms with Crippen LogP contribution in [0.2, 0.25) is 5.02 Å². The van der Waals surface area contributed by atoms with Crippen molar-refractivity contribution in [3.8, 4) is 0 Å². The molecule has 3 nitrogen and oxygen atoms in total. The van der Waals surface area contributed by atoms with Crippen molar-refractivity contribution in [3.05, 3.63) is 33.3 Å². The molecule has 0 bridgehead atoms. The molecule has 5 heteroatoms. The van der Waals surface area contributed by atoms with Gasteiger partial charge in [0.25, 0.3) is 5.91 Å². The lowest BCUT2D eigenvalue weighted by atomic mass is 10.1. The smallest absolute Gasteiger partial charge is 0.254 e. The van der Waals surface area contributed by atoms with E-state index in [-0.39, 0.29) is 11.5 Å². The Labute approximate surface area is 120 Å². The zero-order chi connectivity index (χ0) is 13.3. The molecule has 0 aliphatic carbocycles. The van der Waals surface area contributed by atoms with Crippen molar-refractivity contribution in [3.63, 3.8) is 0 Å². The lowest BCUT2D eigenvalue weighted by Gasteiger charge is -2.38. The number of carbonyl (C=O) groups is 1. The monoisotopic (exact) mass is 331 g/mol. The Morgan fingerprint density at radius 2 is 2.17 bits per heavy atom. The van der Waals surface area contributed by atoms with Crippen molar-refractivity contribution >= 4 is 33.4 Å². The fourth-order valence-electron chi connectivity index (χ4n) is 2.05. The Morgan fingerprint density at radius 1 is 1.44 bits per heavy atom. The third kappa shape index (κ3) is 3.25. The molecule has 18 heavy (non-hydrogen) atoms. The van der Waals surface area contributed by atoms with Crippen LogP contribution in [0.25, 0.3) is 0 Å². The van der Waals surface area contributed by atoms with Crippen LogP contribution in [0, 0.1) is 0 Å². The first-order chi connectivity index (χ1) is 8.37. The molecule has 0 spiro atoms. The number of benzene rings is 1. The Bertz CT molecular complexity index is 456. The molecular weight excluding hydrogens is 318 g/mol. The summed E-state index contributed by atoms with van der Waals surface area (Å²) in [5, 5.41) is 0.556. The van der Waals surface area contributed by atoms with E-state index < -0.39 is 0 Å². The van der Waals surface area contributed by atoms with Gasteiger partial charge in [-0.25, -0.2) is 0 Å². The third-order valence-corrected chi connectivity index (χ3v) is 3.50. The van der Waals surface area contributed by atoms with Gasteiger partial charge < -0.3 is 9.64 Å². The number of morpholine rings is 1. The molecule has 0 aromatic heterocycles. The molecule has 0 unspecified atom stereocenters. The lowest BCUT2D eigenvalue weighted by molar-refractivity contribution is -0.0764. The van der Waals surface area contributed by atoms with E-state index in [1.165, 1.54) is 0 Å². The van der Waals surface area contributed by atoms with Gasteiger partial charge in [-0.3, -0.25) is 4.79 Å². The normalized spacial score (nSPS) is 18.8. The molecule has 98 valence electrons. The van der Waals surface area contributed by atoms with E-state index in [0.717, 1.165) is 4.47 Å². The lowest BCUT2D eigenvalue weighted by Crippen LogP contribution is -2.50. The van der Waals surface area contributed by atoms with Gasteiger partial charge in [0, 0.05) is 28.1 Å². The van der Waals surface area contributed by atoms with Crippen LogP contribution in [0.15, 0.2) is 22.7 Å². The molecule has 1 aliphatic heterocycles. The second-order valence-corrected chi connectivity index (χ2v) is 6.35. The van der Waals surface area contributed by atoms with Crippen LogP contribution in [-0.4, -0.2) is 36.1 Å². The molecule has 2 rings (SSSR count). The largest absolute Gasteiger partial charge is 0.372 e. The standard InChI is InChI=1S/C13H15BrClNO2/c1-13(2)8-16(3-4-18-13)12(17)9-5-10(14)7-11(15)6-9/h5-7H,3-4,8H2,1-2H3. The quantitative estimate of drug-likeness (QED) is 0.789. The second kappa shape index (κ2) is 5.19. The van der Waals surface area contributed by atoms with E-state index in [1.807, 2.05) is 18.7 Å². The van der Waals surface area contributed by atoms with Gasteiger partial charge in [-0.2, -0.15) is 0 Å². The molecular formula is C13H15BrClNO2. The number of amides is 1. The van der Waals surface area contributed by atoms with Crippen LogP contribution < -0.4 is 0 Å². The van der Waals surface area contributed by atoms with Crippen LogP contribution in [0.3, 0.4) is 0 Å². The molecule has 0 N–H and O–H groups in total. The van der Waals surface area contributed by atoms with Gasteiger partial charge in [-0.05, 0) is 32.0 Å². The number of hydrogen-bond acceptors (Lipinski definition) is 2. The summed E-state index contributed by atoms with van der Waals surface area (Å²) in [5.74, 6) is -0.00502. The minimum Gasteiger partial charge on any atom is -0.372 e. The predicted molar refractivity (Wildman–Crippen MR) is 75.1 cm³/mol. The summed E-state index contributed by atoms with van der Waals surface area (Å²) in [4.78, 5) is 14.2. The molecule has 0 radical (unpaired) electrons. The number of carbonyl (C=O) groups excluding carboxylic acids is 1. The van der Waals surface area contributed by atoms with Crippen LogP contribution in [0.1, 0.15) is 24.2 Å². The summed E-state index contributed by atoms with van der Waals surface area (Å²) in [6, 6.07) is 5.25. The van der Waals surface area contributed by atoms with Crippen LogP contribution in [0.4, 0.5) is 0 Å². The van der Waals surface area contributed by atoms with Crippen molar-refractivity contribution in [1.82, 2.24) is 4.90 Å². The van der Waals surface area contributed by atoms with E-state index in [2.05, 4.69) is 15.9 Å². The maximum atomic E-state index is 12.4. The Hall–Kier alpha value is -0.580. The van der Waals surface area contributed by atoms with Crippen molar-refractivity contribution in [2.24, 2.45) is 0 Å². The molecule has 1 aliphatic rings. The summed E-state index contributed by atoms with van der Waals surface area (Å²) < 4.78 is 6.41. The second-order valence-electron chi connectivity index (χ2n) is 4.99. The number of halogens is 2. The average molecular weight is 333 g/mol. The first kappa shape index (κ1) is 13.8. The van der Waals surface area contributed by atoms with Crippen molar-refractivity contribution in [2.45, 2.75) is 19.4 Å². The first-order valence-corrected chi connectivity index (χ1v) is 6.94. The summed E-state index contributed by atoms with van der Waals surface area (Å²) >= 11 is 9.31. The van der Waals surface area contributed by atoms with Gasteiger partial charge in [0.2, 0.25) is 0 Å². The predicted octanol–water partition coefficient (Wildman–Crippen LogP) is 3.35. The van der Waals surface area contributed by atoms with Gasteiger partial charge in [0.15, 0.2) is 0 Å². The first-order valence-electron chi connectivity index (χ1n) is 5.77. The molecule has 1 fully saturated rings. The minimum absolute atomic E-state index is 0.00502. The fraction of sp³-hybridized carbons (Fsp3) is 0.462. The maximum absolute atomic E-state index is 12.4.